The van der Waals surface area contributed by atoms with E-state index in [-0.39, 0.29) is 29.9 Å². The van der Waals surface area contributed by atoms with E-state index in [1.165, 1.54) is 11.1 Å². The highest BCUT2D eigenvalue weighted by molar-refractivity contribution is 6.39. The van der Waals surface area contributed by atoms with Gasteiger partial charge in [-0.3, -0.25) is 14.6 Å². The number of ether oxygens (including phenoxy) is 1. The third kappa shape index (κ3) is 7.31. The molecular formula is C38H40Cl2N6O3. The van der Waals surface area contributed by atoms with E-state index in [1.807, 2.05) is 36.4 Å². The number of benzene rings is 2. The Morgan fingerprint density at radius 1 is 0.857 bits per heavy atom. The van der Waals surface area contributed by atoms with Crippen molar-refractivity contribution in [2.24, 2.45) is 0 Å². The van der Waals surface area contributed by atoms with E-state index in [0.29, 0.717) is 53.2 Å². The number of halogens is 2. The number of amides is 2. The summed E-state index contributed by atoms with van der Waals surface area (Å²) in [6.07, 6.45) is 7.85. The molecule has 2 amide bonds. The quantitative estimate of drug-likeness (QED) is 0.143. The Balaban J connectivity index is 1.10. The zero-order valence-electron chi connectivity index (χ0n) is 27.5. The van der Waals surface area contributed by atoms with Crippen molar-refractivity contribution >= 4 is 35.0 Å². The number of methoxy groups -OCH3 is 1. The number of carbonyl (C=O) groups is 2. The Labute approximate surface area is 296 Å². The van der Waals surface area contributed by atoms with Crippen LogP contribution in [0, 0.1) is 0 Å². The van der Waals surface area contributed by atoms with Crippen molar-refractivity contribution in [2.45, 2.75) is 69.6 Å². The van der Waals surface area contributed by atoms with Gasteiger partial charge >= 0.3 is 0 Å². The highest BCUT2D eigenvalue weighted by Crippen LogP contribution is 2.42. The van der Waals surface area contributed by atoms with Crippen LogP contribution in [0.15, 0.2) is 60.8 Å². The molecule has 2 saturated heterocycles. The molecule has 4 N–H and O–H groups in total. The summed E-state index contributed by atoms with van der Waals surface area (Å²) >= 11 is 14.2. The van der Waals surface area contributed by atoms with Crippen LogP contribution in [0.3, 0.4) is 0 Å². The second-order valence-corrected chi connectivity index (χ2v) is 13.8. The van der Waals surface area contributed by atoms with Crippen molar-refractivity contribution < 1.29 is 14.3 Å². The molecule has 9 nitrogen and oxygen atoms in total. The lowest BCUT2D eigenvalue weighted by atomic mass is 9.86. The number of rotatable bonds is 11. The number of nitrogens with zero attached hydrogens (tertiary/aromatic N) is 2. The summed E-state index contributed by atoms with van der Waals surface area (Å²) in [6.45, 7) is 2.02. The van der Waals surface area contributed by atoms with Crippen molar-refractivity contribution in [3.63, 3.8) is 0 Å². The van der Waals surface area contributed by atoms with Crippen molar-refractivity contribution in [3.05, 3.63) is 87.5 Å². The SMILES string of the molecule is COc1nc(-c2cccc(-c3ccnc(-c4ccc5c(c4)CCCC5NCC4CCC(=O)N4)c3Cl)c2Cl)ccc1CNC[C@@H]1CCC(=O)N1. The smallest absolute Gasteiger partial charge is 0.220 e. The first-order valence-electron chi connectivity index (χ1n) is 17.0. The molecule has 3 atom stereocenters. The molecule has 3 aliphatic rings. The van der Waals surface area contributed by atoms with Gasteiger partial charge in [0.1, 0.15) is 0 Å². The van der Waals surface area contributed by atoms with Gasteiger partial charge in [-0.2, -0.15) is 0 Å². The number of hydrogen-bond acceptors (Lipinski definition) is 7. The standard InChI is InChI=1S/C38H40Cl2N6O3/c1-49-38-24(19-41-20-25-10-14-33(47)44-25)9-13-32(46-38)30-6-3-5-28(35(30)39)29-16-17-42-37(36(29)40)23-8-12-27-22(18-23)4-2-7-31(27)43-21-26-11-15-34(48)45-26/h3,5-6,8-9,12-13,16-18,25-26,31,41,43H,2,4,7,10-11,14-15,19-21H2,1H3,(H,44,47)(H,45,48)/t25-,26?,31?/m0/s1. The van der Waals surface area contributed by atoms with Gasteiger partial charge in [0.25, 0.3) is 0 Å². The summed E-state index contributed by atoms with van der Waals surface area (Å²) < 4.78 is 5.66. The van der Waals surface area contributed by atoms with Gasteiger partial charge in [0.05, 0.1) is 28.5 Å². The van der Waals surface area contributed by atoms with Crippen LogP contribution in [-0.4, -0.2) is 54.1 Å². The highest BCUT2D eigenvalue weighted by atomic mass is 35.5. The van der Waals surface area contributed by atoms with Crippen LogP contribution in [0.4, 0.5) is 0 Å². The Kier molecular flexibility index (Phi) is 10.1. The van der Waals surface area contributed by atoms with Crippen LogP contribution in [0.2, 0.25) is 10.0 Å². The van der Waals surface area contributed by atoms with Crippen molar-refractivity contribution in [2.75, 3.05) is 20.2 Å². The number of carbonyl (C=O) groups excluding carboxylic acids is 2. The van der Waals surface area contributed by atoms with Gasteiger partial charge < -0.3 is 26.0 Å². The third-order valence-corrected chi connectivity index (χ3v) is 10.6. The first-order chi connectivity index (χ1) is 23.9. The number of aromatic nitrogens is 2. The molecule has 49 heavy (non-hydrogen) atoms. The minimum Gasteiger partial charge on any atom is -0.481 e. The first kappa shape index (κ1) is 33.5. The van der Waals surface area contributed by atoms with Crippen LogP contribution in [0.25, 0.3) is 33.6 Å². The molecule has 0 radical (unpaired) electrons. The zero-order chi connectivity index (χ0) is 33.9. The molecule has 4 heterocycles. The average Bonchev–Trinajstić information content (AvgIpc) is 3.74. The lowest BCUT2D eigenvalue weighted by Gasteiger charge is -2.28. The summed E-state index contributed by atoms with van der Waals surface area (Å²) in [4.78, 5) is 32.7. The molecule has 0 spiro atoms. The number of nitrogens with one attached hydrogen (secondary N) is 4. The molecule has 2 fully saturated rings. The predicted molar refractivity (Wildman–Crippen MR) is 193 cm³/mol. The maximum Gasteiger partial charge on any atom is 0.220 e. The maximum atomic E-state index is 11.6. The summed E-state index contributed by atoms with van der Waals surface area (Å²) in [7, 11) is 1.61. The summed E-state index contributed by atoms with van der Waals surface area (Å²) in [5, 5.41) is 14.2. The van der Waals surface area contributed by atoms with E-state index in [1.54, 1.807) is 13.3 Å². The van der Waals surface area contributed by atoms with E-state index < -0.39 is 0 Å². The monoisotopic (exact) mass is 698 g/mol. The van der Waals surface area contributed by atoms with Crippen molar-refractivity contribution in [3.8, 4) is 39.5 Å². The number of pyridine rings is 2. The molecule has 2 aromatic carbocycles. The molecule has 0 bridgehead atoms. The molecular weight excluding hydrogens is 659 g/mol. The summed E-state index contributed by atoms with van der Waals surface area (Å²) in [5.74, 6) is 0.762. The topological polar surface area (TPSA) is 117 Å². The van der Waals surface area contributed by atoms with Gasteiger partial charge in [-0.1, -0.05) is 59.6 Å². The second-order valence-electron chi connectivity index (χ2n) is 13.1. The van der Waals surface area contributed by atoms with Gasteiger partial charge in [0.2, 0.25) is 17.7 Å². The summed E-state index contributed by atoms with van der Waals surface area (Å²) in [6, 6.07) is 18.8. The van der Waals surface area contributed by atoms with E-state index in [2.05, 4.69) is 39.5 Å². The molecule has 1 aliphatic carbocycles. The Hall–Kier alpha value is -4.02. The molecule has 7 rings (SSSR count). The number of hydrogen-bond donors (Lipinski definition) is 4. The normalized spacial score (nSPS) is 20.2. The molecule has 0 saturated carbocycles. The Morgan fingerprint density at radius 2 is 1.61 bits per heavy atom. The van der Waals surface area contributed by atoms with Gasteiger partial charge in [0, 0.05) is 84.6 Å². The predicted octanol–water partition coefficient (Wildman–Crippen LogP) is 6.41. The minimum atomic E-state index is 0.105. The third-order valence-electron chi connectivity index (χ3n) is 9.80. The molecule has 11 heteroatoms. The zero-order valence-corrected chi connectivity index (χ0v) is 29.0. The number of aryl methyl sites for hydroxylation is 1. The molecule has 2 aliphatic heterocycles. The van der Waals surface area contributed by atoms with E-state index >= 15 is 0 Å². The van der Waals surface area contributed by atoms with Gasteiger partial charge in [0.15, 0.2) is 0 Å². The number of fused-ring (bicyclic) bond motifs is 1. The Morgan fingerprint density at radius 3 is 2.37 bits per heavy atom. The van der Waals surface area contributed by atoms with E-state index in [4.69, 9.17) is 37.9 Å². The van der Waals surface area contributed by atoms with Crippen LogP contribution in [-0.2, 0) is 22.6 Å². The van der Waals surface area contributed by atoms with E-state index in [0.717, 1.165) is 66.5 Å². The van der Waals surface area contributed by atoms with Gasteiger partial charge in [-0.05, 0) is 61.4 Å². The first-order valence-corrected chi connectivity index (χ1v) is 17.8. The van der Waals surface area contributed by atoms with Gasteiger partial charge in [-0.15, -0.1) is 0 Å². The second kappa shape index (κ2) is 14.8. The average molecular weight is 700 g/mol. The highest BCUT2D eigenvalue weighted by Gasteiger charge is 2.26. The lowest BCUT2D eigenvalue weighted by molar-refractivity contribution is -0.120. The van der Waals surface area contributed by atoms with Crippen molar-refractivity contribution in [1.29, 1.82) is 0 Å². The summed E-state index contributed by atoms with van der Waals surface area (Å²) in [5.41, 5.74) is 8.23. The van der Waals surface area contributed by atoms with Crippen LogP contribution >= 0.6 is 23.2 Å². The minimum absolute atomic E-state index is 0.105. The fourth-order valence-electron chi connectivity index (χ4n) is 7.22. The lowest BCUT2D eigenvalue weighted by Crippen LogP contribution is -2.38. The fraction of sp³-hybridized carbons (Fsp3) is 0.368. The maximum absolute atomic E-state index is 11.6. The molecule has 254 valence electrons. The fourth-order valence-corrected chi connectivity index (χ4v) is 7.87. The molecule has 2 unspecified atom stereocenters. The van der Waals surface area contributed by atoms with Gasteiger partial charge in [-0.25, -0.2) is 4.98 Å². The van der Waals surface area contributed by atoms with Crippen LogP contribution in [0.5, 0.6) is 5.88 Å². The van der Waals surface area contributed by atoms with Crippen LogP contribution < -0.4 is 26.0 Å². The molecule has 4 aromatic rings. The van der Waals surface area contributed by atoms with Crippen LogP contribution in [0.1, 0.15) is 61.3 Å². The van der Waals surface area contributed by atoms with E-state index in [9.17, 15) is 9.59 Å². The molecule has 2 aromatic heterocycles. The largest absolute Gasteiger partial charge is 0.481 e. The Bertz CT molecular complexity index is 1880. The van der Waals surface area contributed by atoms with Crippen molar-refractivity contribution in [1.82, 2.24) is 31.2 Å².